The van der Waals surface area contributed by atoms with Crippen molar-refractivity contribution in [2.45, 2.75) is 82.9 Å². The van der Waals surface area contributed by atoms with Gasteiger partial charge in [-0.1, -0.05) is 30.3 Å². The van der Waals surface area contributed by atoms with Crippen LogP contribution in [0, 0.1) is 20.8 Å². The summed E-state index contributed by atoms with van der Waals surface area (Å²) in [6.45, 7) is 9.27. The smallest absolute Gasteiger partial charge is 0.326 e. The first-order valence-corrected chi connectivity index (χ1v) is 14.6. The first-order chi connectivity index (χ1) is 18.6. The molecule has 12 heteroatoms. The van der Waals surface area contributed by atoms with Crippen molar-refractivity contribution in [2.24, 2.45) is 16.5 Å². The molecule has 0 radical (unpaired) electrons. The lowest BCUT2D eigenvalue weighted by Crippen LogP contribution is -2.49. The van der Waals surface area contributed by atoms with Crippen LogP contribution in [0.5, 0.6) is 5.75 Å². The number of carboxylic acid groups (broad SMARTS) is 1. The second kappa shape index (κ2) is 12.3. The van der Waals surface area contributed by atoms with Crippen molar-refractivity contribution in [3.63, 3.8) is 0 Å². The normalized spacial score (nSPS) is 16.0. The summed E-state index contributed by atoms with van der Waals surface area (Å²) in [5.41, 5.74) is 15.1. The van der Waals surface area contributed by atoms with E-state index in [0.717, 1.165) is 22.4 Å². The second-order valence-corrected chi connectivity index (χ2v) is 12.4. The molecule has 40 heavy (non-hydrogen) atoms. The number of carboxylic acids is 1. The molecule has 11 nitrogen and oxygen atoms in total. The van der Waals surface area contributed by atoms with Gasteiger partial charge < -0.3 is 26.6 Å². The molecule has 1 heterocycles. The number of nitrogens with zero attached hydrogens (tertiary/aromatic N) is 1. The minimum Gasteiger partial charge on any atom is -0.487 e. The van der Waals surface area contributed by atoms with Gasteiger partial charge in [-0.05, 0) is 76.1 Å². The lowest BCUT2D eigenvalue weighted by molar-refractivity contribution is -0.142. The number of benzene rings is 2. The first kappa shape index (κ1) is 30.9. The number of carbonyl (C=O) groups is 2. The molecule has 3 rings (SSSR count). The van der Waals surface area contributed by atoms with E-state index in [1.807, 2.05) is 51.1 Å². The highest BCUT2D eigenvalue weighted by Gasteiger charge is 2.36. The van der Waals surface area contributed by atoms with E-state index in [9.17, 15) is 23.1 Å². The maximum absolute atomic E-state index is 13.3. The van der Waals surface area contributed by atoms with E-state index in [1.165, 1.54) is 0 Å². The van der Waals surface area contributed by atoms with Crippen molar-refractivity contribution in [2.75, 3.05) is 6.54 Å². The Bertz CT molecular complexity index is 1410. The molecule has 1 aliphatic heterocycles. The molecular formula is C28H39N5O6S. The van der Waals surface area contributed by atoms with Gasteiger partial charge in [0.2, 0.25) is 11.9 Å². The zero-order valence-electron chi connectivity index (χ0n) is 23.6. The molecular weight excluding hydrogens is 534 g/mol. The SMILES string of the molecule is Cc1c(C)c(S(=O)(=O)NC(N)=NCCC[C@H](NC(=O)[C@@H](N)Cc2ccccc2)C(=O)O)c(C)c2c1OC(C)(C)C2. The van der Waals surface area contributed by atoms with Gasteiger partial charge in [-0.3, -0.25) is 9.79 Å². The van der Waals surface area contributed by atoms with Crippen LogP contribution in [0.2, 0.25) is 0 Å². The van der Waals surface area contributed by atoms with Crippen LogP contribution in [0.3, 0.4) is 0 Å². The highest BCUT2D eigenvalue weighted by Crippen LogP contribution is 2.43. The number of carbonyl (C=O) groups excluding carboxylic acids is 1. The molecule has 1 aliphatic rings. The van der Waals surface area contributed by atoms with Crippen LogP contribution in [-0.4, -0.2) is 55.6 Å². The van der Waals surface area contributed by atoms with Crippen molar-refractivity contribution in [3.05, 3.63) is 58.1 Å². The van der Waals surface area contributed by atoms with Crippen molar-refractivity contribution in [1.29, 1.82) is 0 Å². The zero-order chi connectivity index (χ0) is 29.8. The van der Waals surface area contributed by atoms with Crippen molar-refractivity contribution < 1.29 is 27.9 Å². The third kappa shape index (κ3) is 7.30. The molecule has 0 aromatic heterocycles. The highest BCUT2D eigenvalue weighted by molar-refractivity contribution is 7.90. The molecule has 0 aliphatic carbocycles. The Balaban J connectivity index is 1.60. The molecule has 0 unspecified atom stereocenters. The summed E-state index contributed by atoms with van der Waals surface area (Å²) in [6.07, 6.45) is 1.14. The quantitative estimate of drug-likeness (QED) is 0.153. The molecule has 2 aromatic rings. The van der Waals surface area contributed by atoms with E-state index < -0.39 is 39.6 Å². The van der Waals surface area contributed by atoms with Gasteiger partial charge in [-0.25, -0.2) is 17.9 Å². The van der Waals surface area contributed by atoms with E-state index in [-0.39, 0.29) is 36.7 Å². The Morgan fingerprint density at radius 3 is 2.40 bits per heavy atom. The monoisotopic (exact) mass is 573 g/mol. The number of sulfonamides is 1. The summed E-state index contributed by atoms with van der Waals surface area (Å²) in [5, 5.41) is 12.0. The Labute approximate surface area is 235 Å². The van der Waals surface area contributed by atoms with E-state index >= 15 is 0 Å². The second-order valence-electron chi connectivity index (χ2n) is 10.8. The largest absolute Gasteiger partial charge is 0.487 e. The van der Waals surface area contributed by atoms with E-state index in [4.69, 9.17) is 16.2 Å². The lowest BCUT2D eigenvalue weighted by Gasteiger charge is -2.19. The number of amides is 1. The average molecular weight is 574 g/mol. The van der Waals surface area contributed by atoms with Gasteiger partial charge in [0.05, 0.1) is 10.9 Å². The van der Waals surface area contributed by atoms with E-state index in [1.54, 1.807) is 13.8 Å². The standard InChI is InChI=1S/C28H39N5O6S/c1-16-17(2)24(18(3)20-15-28(4,5)39-23(16)20)40(37,38)33-27(30)31-13-9-12-22(26(35)36)32-25(34)21(29)14-19-10-7-6-8-11-19/h6-8,10-11,21-22H,9,12-15,29H2,1-5H3,(H,32,34)(H,35,36)(H3,30,31,33)/t21-,22-/m0/s1. The lowest BCUT2D eigenvalue weighted by atomic mass is 9.94. The van der Waals surface area contributed by atoms with Crippen LogP contribution in [0.4, 0.5) is 0 Å². The molecule has 0 saturated heterocycles. The molecule has 2 aromatic carbocycles. The highest BCUT2D eigenvalue weighted by atomic mass is 32.2. The maximum atomic E-state index is 13.3. The fourth-order valence-electron chi connectivity index (χ4n) is 4.86. The fraction of sp³-hybridized carbons (Fsp3) is 0.464. The van der Waals surface area contributed by atoms with Gasteiger partial charge >= 0.3 is 5.97 Å². The molecule has 0 bridgehead atoms. The van der Waals surface area contributed by atoms with Crippen LogP contribution in [0.1, 0.15) is 54.5 Å². The topological polar surface area (TPSA) is 186 Å². The Morgan fingerprint density at radius 2 is 1.77 bits per heavy atom. The number of nitrogens with one attached hydrogen (secondary N) is 2. The Morgan fingerprint density at radius 1 is 1.12 bits per heavy atom. The summed E-state index contributed by atoms with van der Waals surface area (Å²) in [5.74, 6) is -1.37. The molecule has 0 spiro atoms. The summed E-state index contributed by atoms with van der Waals surface area (Å²) in [6, 6.07) is 7.10. The van der Waals surface area contributed by atoms with E-state index in [2.05, 4.69) is 15.0 Å². The summed E-state index contributed by atoms with van der Waals surface area (Å²) < 4.78 is 35.0. The third-order valence-electron chi connectivity index (χ3n) is 6.98. The molecule has 0 fully saturated rings. The Hall–Kier alpha value is -3.64. The number of aliphatic carboxylic acids is 1. The number of rotatable bonds is 11. The number of hydrogen-bond donors (Lipinski definition) is 5. The van der Waals surface area contributed by atoms with Crippen molar-refractivity contribution >= 4 is 27.9 Å². The molecule has 7 N–H and O–H groups in total. The van der Waals surface area contributed by atoms with Gasteiger partial charge in [0.25, 0.3) is 10.0 Å². The first-order valence-electron chi connectivity index (χ1n) is 13.1. The summed E-state index contributed by atoms with van der Waals surface area (Å²) in [7, 11) is -4.05. The average Bonchev–Trinajstić information content (AvgIpc) is 3.20. The number of fused-ring (bicyclic) bond motifs is 1. The van der Waals surface area contributed by atoms with Crippen LogP contribution < -0.4 is 26.2 Å². The minimum atomic E-state index is -4.05. The van der Waals surface area contributed by atoms with Crippen molar-refractivity contribution in [3.8, 4) is 5.75 Å². The van der Waals surface area contributed by atoms with Gasteiger partial charge in [0.15, 0.2) is 0 Å². The van der Waals surface area contributed by atoms with E-state index in [0.29, 0.717) is 17.5 Å². The van der Waals surface area contributed by atoms with Gasteiger partial charge in [0, 0.05) is 18.5 Å². The fourth-order valence-corrected chi connectivity index (χ4v) is 6.38. The van der Waals surface area contributed by atoms with Gasteiger partial charge in [0.1, 0.15) is 17.4 Å². The number of nitrogens with two attached hydrogens (primary N) is 2. The number of aliphatic imine (C=N–C) groups is 1. The van der Waals surface area contributed by atoms with Crippen LogP contribution in [-0.2, 0) is 32.5 Å². The summed E-state index contributed by atoms with van der Waals surface area (Å²) >= 11 is 0. The van der Waals surface area contributed by atoms with Crippen LogP contribution >= 0.6 is 0 Å². The molecule has 218 valence electrons. The third-order valence-corrected chi connectivity index (χ3v) is 8.61. The predicted molar refractivity (Wildman–Crippen MR) is 153 cm³/mol. The van der Waals surface area contributed by atoms with Gasteiger partial charge in [-0.2, -0.15) is 0 Å². The molecule has 0 saturated carbocycles. The zero-order valence-corrected chi connectivity index (χ0v) is 24.4. The van der Waals surface area contributed by atoms with Crippen LogP contribution in [0.25, 0.3) is 0 Å². The minimum absolute atomic E-state index is 0.0489. The molecule has 2 atom stereocenters. The number of guanidine groups is 1. The predicted octanol–water partition coefficient (Wildman–Crippen LogP) is 1.84. The van der Waals surface area contributed by atoms with Gasteiger partial charge in [-0.15, -0.1) is 0 Å². The molecule has 1 amide bonds. The maximum Gasteiger partial charge on any atom is 0.326 e. The van der Waals surface area contributed by atoms with Crippen molar-refractivity contribution in [1.82, 2.24) is 10.0 Å². The summed E-state index contributed by atoms with van der Waals surface area (Å²) in [4.78, 5) is 28.3. The number of ether oxygens (including phenoxy) is 1. The van der Waals surface area contributed by atoms with Crippen LogP contribution in [0.15, 0.2) is 40.2 Å². The number of hydrogen-bond acceptors (Lipinski definition) is 7. The Kier molecular flexibility index (Phi) is 9.47.